The van der Waals surface area contributed by atoms with Crippen LogP contribution in [-0.2, 0) is 0 Å². The molecule has 0 saturated carbocycles. The number of aromatic nitrogens is 1. The fourth-order valence-corrected chi connectivity index (χ4v) is 1.68. The molecule has 3 nitrogen and oxygen atoms in total. The third-order valence-corrected chi connectivity index (χ3v) is 2.51. The molecule has 0 aliphatic rings. The Hall–Kier alpha value is -2.24. The molecular weight excluding hydrogens is 259 g/mol. The van der Waals surface area contributed by atoms with Crippen molar-refractivity contribution in [2.45, 2.75) is 13.3 Å². The number of pyridine rings is 1. The minimum absolute atomic E-state index is 0.155. The molecule has 2 aromatic rings. The van der Waals surface area contributed by atoms with E-state index in [1.54, 1.807) is 13.0 Å². The highest BCUT2D eigenvalue weighted by atomic mass is 19.4. The number of para-hydroxylation sites is 1. The number of halogens is 3. The quantitative estimate of drug-likeness (QED) is 0.904. The predicted octanol–water partition coefficient (Wildman–Crippen LogP) is 3.66. The molecule has 0 fully saturated rings. The molecule has 0 bridgehead atoms. The lowest BCUT2D eigenvalue weighted by Gasteiger charge is -2.14. The second kappa shape index (κ2) is 4.79. The summed E-state index contributed by atoms with van der Waals surface area (Å²) in [7, 11) is 0. The smallest absolute Gasteiger partial charge is 0.505 e. The van der Waals surface area contributed by atoms with Crippen LogP contribution in [0.5, 0.6) is 11.5 Å². The highest BCUT2D eigenvalue weighted by Crippen LogP contribution is 2.38. The number of ether oxygens (including phenoxy) is 1. The zero-order valence-electron chi connectivity index (χ0n) is 9.90. The Morgan fingerprint density at radius 1 is 1.11 bits per heavy atom. The van der Waals surface area contributed by atoms with Gasteiger partial charge in [0.05, 0.1) is 5.69 Å². The molecule has 19 heavy (non-hydrogen) atoms. The van der Waals surface area contributed by atoms with Crippen LogP contribution in [0.2, 0.25) is 0 Å². The maximum absolute atomic E-state index is 12.3. The first kappa shape index (κ1) is 13.2. The maximum Gasteiger partial charge on any atom is 0.573 e. The van der Waals surface area contributed by atoms with Gasteiger partial charge in [0, 0.05) is 17.3 Å². The monoisotopic (exact) mass is 269 g/mol. The minimum atomic E-state index is -4.78. The average molecular weight is 269 g/mol. The van der Waals surface area contributed by atoms with Crippen LogP contribution in [0.25, 0.3) is 11.1 Å². The van der Waals surface area contributed by atoms with Crippen molar-refractivity contribution in [3.8, 4) is 22.6 Å². The van der Waals surface area contributed by atoms with Gasteiger partial charge < -0.3 is 9.84 Å². The van der Waals surface area contributed by atoms with Gasteiger partial charge in [-0.15, -0.1) is 13.2 Å². The van der Waals surface area contributed by atoms with Gasteiger partial charge in [-0.2, -0.15) is 0 Å². The Morgan fingerprint density at radius 3 is 2.47 bits per heavy atom. The molecule has 0 aliphatic heterocycles. The van der Waals surface area contributed by atoms with Crippen molar-refractivity contribution in [1.29, 1.82) is 0 Å². The van der Waals surface area contributed by atoms with Crippen molar-refractivity contribution in [2.75, 3.05) is 0 Å². The Labute approximate surface area is 107 Å². The molecule has 1 aromatic heterocycles. The third-order valence-electron chi connectivity index (χ3n) is 2.51. The second-order valence-electron chi connectivity index (χ2n) is 3.84. The number of nitrogens with zero attached hydrogens (tertiary/aromatic N) is 1. The first-order valence-corrected chi connectivity index (χ1v) is 5.38. The highest BCUT2D eigenvalue weighted by Gasteiger charge is 2.32. The maximum atomic E-state index is 12.3. The zero-order valence-corrected chi connectivity index (χ0v) is 9.90. The third kappa shape index (κ3) is 2.96. The molecule has 1 N–H and O–H groups in total. The van der Waals surface area contributed by atoms with Gasteiger partial charge in [0.2, 0.25) is 0 Å². The van der Waals surface area contributed by atoms with E-state index in [2.05, 4.69) is 9.72 Å². The molecule has 100 valence electrons. The summed E-state index contributed by atoms with van der Waals surface area (Å²) < 4.78 is 40.9. The van der Waals surface area contributed by atoms with Crippen LogP contribution in [-0.4, -0.2) is 16.5 Å². The number of aromatic hydroxyl groups is 1. The fourth-order valence-electron chi connectivity index (χ4n) is 1.68. The average Bonchev–Trinajstić information content (AvgIpc) is 2.32. The summed E-state index contributed by atoms with van der Waals surface area (Å²) in [6, 6.07) is 7.05. The van der Waals surface area contributed by atoms with Crippen LogP contribution in [0.4, 0.5) is 13.2 Å². The number of hydrogen-bond acceptors (Lipinski definition) is 3. The second-order valence-corrected chi connectivity index (χ2v) is 3.84. The van der Waals surface area contributed by atoms with E-state index in [9.17, 15) is 18.3 Å². The SMILES string of the molecule is Cc1nccc(-c2ccccc2OC(F)(F)F)c1O. The Bertz CT molecular complexity index is 597. The molecule has 0 spiro atoms. The van der Waals surface area contributed by atoms with Crippen molar-refractivity contribution in [2.24, 2.45) is 0 Å². The fraction of sp³-hybridized carbons (Fsp3) is 0.154. The molecule has 1 aromatic carbocycles. The molecule has 6 heteroatoms. The van der Waals surface area contributed by atoms with Crippen LogP contribution >= 0.6 is 0 Å². The first-order chi connectivity index (χ1) is 8.88. The number of rotatable bonds is 2. The van der Waals surface area contributed by atoms with E-state index < -0.39 is 6.36 Å². The van der Waals surface area contributed by atoms with Crippen LogP contribution in [0.15, 0.2) is 36.5 Å². The number of hydrogen-bond donors (Lipinski definition) is 1. The van der Waals surface area contributed by atoms with Gasteiger partial charge in [-0.25, -0.2) is 0 Å². The van der Waals surface area contributed by atoms with Gasteiger partial charge in [-0.3, -0.25) is 4.98 Å². The molecule has 0 aliphatic carbocycles. The van der Waals surface area contributed by atoms with E-state index in [1.165, 1.54) is 30.5 Å². The van der Waals surface area contributed by atoms with Crippen LogP contribution in [0, 0.1) is 6.92 Å². The summed E-state index contributed by atoms with van der Waals surface area (Å²) in [6.45, 7) is 1.56. The normalized spacial score (nSPS) is 11.4. The summed E-state index contributed by atoms with van der Waals surface area (Å²) in [4.78, 5) is 3.86. The minimum Gasteiger partial charge on any atom is -0.505 e. The van der Waals surface area contributed by atoms with Gasteiger partial charge >= 0.3 is 6.36 Å². The van der Waals surface area contributed by atoms with E-state index in [0.29, 0.717) is 5.69 Å². The molecular formula is C13H10F3NO2. The molecule has 0 radical (unpaired) electrons. The van der Waals surface area contributed by atoms with Gasteiger partial charge in [-0.05, 0) is 19.1 Å². The van der Waals surface area contributed by atoms with Crippen LogP contribution < -0.4 is 4.74 Å². The van der Waals surface area contributed by atoms with Crippen LogP contribution in [0.1, 0.15) is 5.69 Å². The molecule has 0 unspecified atom stereocenters. The lowest BCUT2D eigenvalue weighted by molar-refractivity contribution is -0.274. The van der Waals surface area contributed by atoms with E-state index in [4.69, 9.17) is 0 Å². The molecule has 0 saturated heterocycles. The van der Waals surface area contributed by atoms with Crippen molar-refractivity contribution in [1.82, 2.24) is 4.98 Å². The predicted molar refractivity (Wildman–Crippen MR) is 62.8 cm³/mol. The summed E-state index contributed by atoms with van der Waals surface area (Å²) in [5.41, 5.74) is 0.731. The Balaban J connectivity index is 2.54. The highest BCUT2D eigenvalue weighted by molar-refractivity contribution is 5.75. The molecule has 1 heterocycles. The van der Waals surface area contributed by atoms with Gasteiger partial charge in [-0.1, -0.05) is 18.2 Å². The van der Waals surface area contributed by atoms with Crippen LogP contribution in [0.3, 0.4) is 0 Å². The summed E-state index contributed by atoms with van der Waals surface area (Å²) in [5.74, 6) is -0.531. The molecule has 0 amide bonds. The lowest BCUT2D eigenvalue weighted by atomic mass is 10.0. The summed E-state index contributed by atoms with van der Waals surface area (Å²) in [5, 5.41) is 9.87. The van der Waals surface area contributed by atoms with E-state index in [1.807, 2.05) is 0 Å². The number of alkyl halides is 3. The number of benzene rings is 1. The van der Waals surface area contributed by atoms with Gasteiger partial charge in [0.15, 0.2) is 0 Å². The topological polar surface area (TPSA) is 42.4 Å². The van der Waals surface area contributed by atoms with E-state index in [0.717, 1.165) is 0 Å². The van der Waals surface area contributed by atoms with Crippen molar-refractivity contribution in [3.05, 3.63) is 42.2 Å². The molecule has 0 atom stereocenters. The van der Waals surface area contributed by atoms with E-state index in [-0.39, 0.29) is 22.6 Å². The zero-order chi connectivity index (χ0) is 14.0. The lowest BCUT2D eigenvalue weighted by Crippen LogP contribution is -2.17. The van der Waals surface area contributed by atoms with Gasteiger partial charge in [0.25, 0.3) is 0 Å². The molecule has 2 rings (SSSR count). The largest absolute Gasteiger partial charge is 0.573 e. The Kier molecular flexibility index (Phi) is 3.33. The summed E-state index contributed by atoms with van der Waals surface area (Å²) >= 11 is 0. The van der Waals surface area contributed by atoms with E-state index >= 15 is 0 Å². The standard InChI is InChI=1S/C13H10F3NO2/c1-8-12(18)10(6-7-17-8)9-4-2-3-5-11(9)19-13(14,15)16/h2-7,18H,1H3. The van der Waals surface area contributed by atoms with Crippen molar-refractivity contribution < 1.29 is 23.0 Å². The summed E-state index contributed by atoms with van der Waals surface area (Å²) in [6.07, 6.45) is -3.37. The number of aryl methyl sites for hydroxylation is 1. The van der Waals surface area contributed by atoms with Gasteiger partial charge in [0.1, 0.15) is 11.5 Å². The van der Waals surface area contributed by atoms with Crippen molar-refractivity contribution >= 4 is 0 Å². The van der Waals surface area contributed by atoms with Crippen molar-refractivity contribution in [3.63, 3.8) is 0 Å². The first-order valence-electron chi connectivity index (χ1n) is 5.38. The Morgan fingerprint density at radius 2 is 1.79 bits per heavy atom.